The molecule has 5 aromatic rings. The van der Waals surface area contributed by atoms with Crippen molar-refractivity contribution in [3.8, 4) is 23.0 Å². The third-order valence-corrected chi connectivity index (χ3v) is 6.19. The Hall–Kier alpha value is -4.98. The van der Waals surface area contributed by atoms with Gasteiger partial charge >= 0.3 is 0 Å². The summed E-state index contributed by atoms with van der Waals surface area (Å²) in [6.07, 6.45) is 6.08. The predicted molar refractivity (Wildman–Crippen MR) is 294 cm³/mol. The number of rotatable bonds is 8. The molecule has 5 aromatic carbocycles. The van der Waals surface area contributed by atoms with Crippen molar-refractivity contribution in [2.75, 3.05) is 0 Å². The van der Waals surface area contributed by atoms with E-state index in [0.717, 1.165) is 0 Å². The largest absolute Gasteiger partial charge is 0.507 e. The monoisotopic (exact) mass is 979 g/mol. The van der Waals surface area contributed by atoms with Gasteiger partial charge in [0.2, 0.25) is 0 Å². The molecular weight excluding hydrogens is 880 g/mol. The summed E-state index contributed by atoms with van der Waals surface area (Å²) in [7, 11) is 0. The van der Waals surface area contributed by atoms with Crippen molar-refractivity contribution in [3.05, 3.63) is 131 Å². The number of aromatic hydroxyl groups is 4. The van der Waals surface area contributed by atoms with E-state index in [1.807, 2.05) is 55.4 Å². The SMILES string of the molecule is C.C.C.C.C.C.C.C.C.C.C.C.CC.CC.CC.CC.Oc1ccccc1C=Nc1cc(N=Cc2ccccc2O)c(N=Cc2ccccc2O)cc1N=Cc1ccccc1O.[Fe].[Fe]. The number of phenols is 4. The van der Waals surface area contributed by atoms with Crippen LogP contribution in [0.5, 0.6) is 23.0 Å². The van der Waals surface area contributed by atoms with Crippen LogP contribution in [0.3, 0.4) is 0 Å². The van der Waals surface area contributed by atoms with Gasteiger partial charge in [0, 0.05) is 81.2 Å². The Morgan fingerprint density at radius 1 is 0.281 bits per heavy atom. The van der Waals surface area contributed by atoms with E-state index < -0.39 is 0 Å². The molecule has 0 aromatic heterocycles. The van der Waals surface area contributed by atoms with E-state index in [1.165, 1.54) is 24.9 Å². The molecule has 64 heavy (non-hydrogen) atoms. The van der Waals surface area contributed by atoms with E-state index in [1.54, 1.807) is 109 Å². The molecule has 0 saturated heterocycles. The van der Waals surface area contributed by atoms with Gasteiger partial charge in [-0.3, -0.25) is 20.0 Å². The maximum atomic E-state index is 10.2. The van der Waals surface area contributed by atoms with Crippen LogP contribution >= 0.6 is 0 Å². The first-order valence-corrected chi connectivity index (χ1v) is 16.9. The first-order valence-electron chi connectivity index (χ1n) is 16.9. The van der Waals surface area contributed by atoms with Gasteiger partial charge in [-0.05, 0) is 60.7 Å². The van der Waals surface area contributed by atoms with Gasteiger partial charge in [0.25, 0.3) is 0 Å². The van der Waals surface area contributed by atoms with Crippen molar-refractivity contribution in [1.29, 1.82) is 0 Å². The van der Waals surface area contributed by atoms with E-state index in [0.29, 0.717) is 45.0 Å². The zero-order valence-electron chi connectivity index (χ0n) is 31.0. The molecule has 10 heteroatoms. The van der Waals surface area contributed by atoms with Crippen LogP contribution in [0, 0.1) is 0 Å². The van der Waals surface area contributed by atoms with Gasteiger partial charge in [-0.15, -0.1) is 0 Å². The molecule has 374 valence electrons. The summed E-state index contributed by atoms with van der Waals surface area (Å²) in [5.74, 6) is 0.286. The van der Waals surface area contributed by atoms with Crippen LogP contribution in [-0.2, 0) is 34.1 Å². The minimum absolute atomic E-state index is 0. The molecule has 5 rings (SSSR count). The van der Waals surface area contributed by atoms with Gasteiger partial charge in [-0.2, -0.15) is 0 Å². The number of hydrogen-bond donors (Lipinski definition) is 4. The Labute approximate surface area is 418 Å². The van der Waals surface area contributed by atoms with E-state index in [-0.39, 0.29) is 146 Å². The fourth-order valence-corrected chi connectivity index (χ4v) is 3.91. The summed E-state index contributed by atoms with van der Waals surface area (Å²) in [6.45, 7) is 16.0. The topological polar surface area (TPSA) is 130 Å². The number of hydrogen-bond acceptors (Lipinski definition) is 8. The van der Waals surface area contributed by atoms with Gasteiger partial charge in [0.15, 0.2) is 0 Å². The molecule has 8 nitrogen and oxygen atoms in total. The Bertz CT molecular complexity index is 1600. The molecule has 0 saturated carbocycles. The first kappa shape index (κ1) is 98.0. The number of phenolic OH excluding ortho intramolecular Hbond substituents is 4. The molecular formula is C54H98Fe2N4O4. The van der Waals surface area contributed by atoms with E-state index in [9.17, 15) is 20.4 Å². The van der Waals surface area contributed by atoms with Crippen LogP contribution in [-0.4, -0.2) is 45.3 Å². The smallest absolute Gasteiger partial charge is 0.124 e. The standard InChI is InChI=1S/C34H26N4O4.4C2H6.12CH4.2Fe/c39-31-13-5-1-9-23(31)19-35-27-17-29(37-21-25-11-3-7-15-33(25)41)30(38-22-26-12-4-8-16-34(26)42)18-28(27)36-20-24-10-2-6-14-32(24)40;4*1-2;;;;;;;;;;;;;;/h1-22,39-42H;4*1-2H3;12*1H4;;. The van der Waals surface area contributed by atoms with Gasteiger partial charge < -0.3 is 20.4 Å². The average Bonchev–Trinajstić information content (AvgIpc) is 3.17. The summed E-state index contributed by atoms with van der Waals surface area (Å²) < 4.78 is 0. The van der Waals surface area contributed by atoms with Gasteiger partial charge in [0.05, 0.1) is 22.7 Å². The molecule has 0 atom stereocenters. The summed E-state index contributed by atoms with van der Waals surface area (Å²) in [6, 6.07) is 30.6. The predicted octanol–water partition coefficient (Wildman–Crippen LogP) is 19.2. The Morgan fingerprint density at radius 3 is 0.562 bits per heavy atom. The van der Waals surface area contributed by atoms with E-state index in [4.69, 9.17) is 0 Å². The third-order valence-electron chi connectivity index (χ3n) is 6.19. The zero-order valence-corrected chi connectivity index (χ0v) is 33.2. The van der Waals surface area contributed by atoms with Crippen molar-refractivity contribution in [2.24, 2.45) is 20.0 Å². The van der Waals surface area contributed by atoms with Crippen LogP contribution in [0.15, 0.2) is 129 Å². The molecule has 0 spiro atoms. The third kappa shape index (κ3) is 31.8. The minimum Gasteiger partial charge on any atom is -0.507 e. The van der Waals surface area contributed by atoms with Crippen molar-refractivity contribution in [3.63, 3.8) is 0 Å². The maximum Gasteiger partial charge on any atom is 0.124 e. The second-order valence-electron chi connectivity index (χ2n) is 9.10. The zero-order chi connectivity index (χ0) is 37.3. The van der Waals surface area contributed by atoms with Crippen LogP contribution in [0.4, 0.5) is 22.7 Å². The molecule has 4 N–H and O–H groups in total. The Balaban J connectivity index is -0.0000000898. The number of para-hydroxylation sites is 4. The summed E-state index contributed by atoms with van der Waals surface area (Å²) in [5.41, 5.74) is 3.68. The van der Waals surface area contributed by atoms with Gasteiger partial charge in [0.1, 0.15) is 23.0 Å². The Morgan fingerprint density at radius 2 is 0.422 bits per heavy atom. The van der Waals surface area contributed by atoms with Gasteiger partial charge in [-0.1, -0.05) is 193 Å². The quantitative estimate of drug-likeness (QED) is 0.0911. The fourth-order valence-electron chi connectivity index (χ4n) is 3.91. The summed E-state index contributed by atoms with van der Waals surface area (Å²) in [4.78, 5) is 18.4. The molecule has 0 aliphatic carbocycles. The minimum atomic E-state index is 0. The van der Waals surface area contributed by atoms with Crippen molar-refractivity contribution in [2.45, 2.75) is 145 Å². The molecule has 0 amide bonds. The first-order chi connectivity index (χ1) is 24.5. The maximum absolute atomic E-state index is 10.2. The van der Waals surface area contributed by atoms with Crippen molar-refractivity contribution in [1.82, 2.24) is 0 Å². The molecule has 0 fully saturated rings. The summed E-state index contributed by atoms with van der Waals surface area (Å²) >= 11 is 0. The second-order valence-corrected chi connectivity index (χ2v) is 9.10. The van der Waals surface area contributed by atoms with Crippen LogP contribution in [0.25, 0.3) is 0 Å². The fraction of sp³-hybridized carbons (Fsp3) is 0.370. The molecule has 0 heterocycles. The van der Waals surface area contributed by atoms with Crippen LogP contribution < -0.4 is 0 Å². The number of nitrogens with zero attached hydrogens (tertiary/aromatic N) is 4. The Kier molecular flexibility index (Phi) is 88.9. The van der Waals surface area contributed by atoms with Crippen LogP contribution in [0.2, 0.25) is 0 Å². The normalized spacial score (nSPS) is 8.12. The molecule has 0 bridgehead atoms. The van der Waals surface area contributed by atoms with E-state index >= 15 is 0 Å². The van der Waals surface area contributed by atoms with Gasteiger partial charge in [-0.25, -0.2) is 0 Å². The van der Waals surface area contributed by atoms with E-state index in [2.05, 4.69) is 20.0 Å². The summed E-state index contributed by atoms with van der Waals surface area (Å²) in [5, 5.41) is 41.0. The number of aliphatic imine (C=N–C) groups is 4. The van der Waals surface area contributed by atoms with Crippen LogP contribution in [0.1, 0.15) is 167 Å². The number of benzene rings is 5. The van der Waals surface area contributed by atoms with Crippen molar-refractivity contribution >= 4 is 47.6 Å². The molecule has 0 unspecified atom stereocenters. The van der Waals surface area contributed by atoms with Crippen molar-refractivity contribution < 1.29 is 54.6 Å². The average molecular weight is 979 g/mol. The second kappa shape index (κ2) is 58.0. The molecule has 0 aliphatic heterocycles. The molecule has 0 aliphatic rings. The molecule has 0 radical (unpaired) electrons.